The van der Waals surface area contributed by atoms with Crippen LogP contribution in [0.3, 0.4) is 0 Å². The molecule has 0 aliphatic carbocycles. The number of hydrogen-bond donors (Lipinski definition) is 0. The largest absolute Gasteiger partial charge is 0.495 e. The minimum Gasteiger partial charge on any atom is -0.495 e. The molecule has 0 unspecified atom stereocenters. The minimum atomic E-state index is 0.517. The van der Waals surface area contributed by atoms with Crippen LogP contribution < -0.4 is 19.3 Å². The predicted octanol–water partition coefficient (Wildman–Crippen LogP) is 4.57. The van der Waals surface area contributed by atoms with Gasteiger partial charge in [0.1, 0.15) is 23.6 Å². The van der Waals surface area contributed by atoms with Gasteiger partial charge in [-0.15, -0.1) is 0 Å². The number of rotatable bonds is 5. The average Bonchev–Trinajstić information content (AvgIpc) is 2.76. The number of halogens is 1. The highest BCUT2D eigenvalue weighted by Gasteiger charge is 2.21. The number of ether oxygens (including phenoxy) is 2. The molecule has 1 aliphatic rings. The third-order valence-corrected chi connectivity index (χ3v) is 5.43. The van der Waals surface area contributed by atoms with Crippen LogP contribution in [0.25, 0.3) is 0 Å². The first-order valence-corrected chi connectivity index (χ1v) is 9.91. The minimum absolute atomic E-state index is 0.517. The normalized spacial score (nSPS) is 14.0. The van der Waals surface area contributed by atoms with Gasteiger partial charge in [-0.25, -0.2) is 9.97 Å². The van der Waals surface area contributed by atoms with Crippen molar-refractivity contribution in [3.8, 4) is 17.4 Å². The molecule has 1 aromatic heterocycles. The molecule has 0 radical (unpaired) electrons. The lowest BCUT2D eigenvalue weighted by molar-refractivity contribution is 0.413. The van der Waals surface area contributed by atoms with Gasteiger partial charge < -0.3 is 19.3 Å². The fraction of sp³-hybridized carbons (Fsp3) is 0.273. The number of methoxy groups -OCH3 is 1. The summed E-state index contributed by atoms with van der Waals surface area (Å²) in [5, 5.41) is 0.716. The van der Waals surface area contributed by atoms with Crippen LogP contribution in [0.2, 0.25) is 5.02 Å². The molecular formula is C22H23ClN4O2. The highest BCUT2D eigenvalue weighted by molar-refractivity contribution is 6.31. The molecule has 0 bridgehead atoms. The van der Waals surface area contributed by atoms with Crippen LogP contribution >= 0.6 is 11.6 Å². The Labute approximate surface area is 175 Å². The van der Waals surface area contributed by atoms with Crippen molar-refractivity contribution >= 4 is 23.1 Å². The van der Waals surface area contributed by atoms with E-state index in [0.29, 0.717) is 16.7 Å². The Morgan fingerprint density at radius 1 is 0.931 bits per heavy atom. The Kier molecular flexibility index (Phi) is 5.71. The van der Waals surface area contributed by atoms with Crippen molar-refractivity contribution in [3.63, 3.8) is 0 Å². The van der Waals surface area contributed by atoms with E-state index >= 15 is 0 Å². The average molecular weight is 411 g/mol. The maximum Gasteiger partial charge on any atom is 0.224 e. The van der Waals surface area contributed by atoms with Gasteiger partial charge in [0.25, 0.3) is 0 Å². The van der Waals surface area contributed by atoms with Crippen molar-refractivity contribution in [2.24, 2.45) is 0 Å². The van der Waals surface area contributed by atoms with Gasteiger partial charge in [0.05, 0.1) is 12.8 Å². The SMILES string of the molecule is COc1ccccc1N1CCN(c2cc(Oc3ccc(Cl)c(C)c3)ncn2)CC1. The number of hydrogen-bond acceptors (Lipinski definition) is 6. The van der Waals surface area contributed by atoms with Crippen molar-refractivity contribution in [2.45, 2.75) is 6.92 Å². The Bertz CT molecular complexity index is 990. The monoisotopic (exact) mass is 410 g/mol. The van der Waals surface area contributed by atoms with Gasteiger partial charge in [-0.2, -0.15) is 0 Å². The molecule has 0 spiro atoms. The van der Waals surface area contributed by atoms with Crippen LogP contribution in [-0.4, -0.2) is 43.3 Å². The summed E-state index contributed by atoms with van der Waals surface area (Å²) in [6.07, 6.45) is 1.54. The van der Waals surface area contributed by atoms with Gasteiger partial charge >= 0.3 is 0 Å². The standard InChI is InChI=1S/C22H23ClN4O2/c1-16-13-17(7-8-18(16)23)29-22-14-21(24-15-25-22)27-11-9-26(10-12-27)19-5-3-4-6-20(19)28-2/h3-8,13-15H,9-12H2,1-2H3. The molecule has 29 heavy (non-hydrogen) atoms. The summed E-state index contributed by atoms with van der Waals surface area (Å²) in [6.45, 7) is 5.43. The van der Waals surface area contributed by atoms with Crippen LogP contribution in [0.15, 0.2) is 54.9 Å². The first-order valence-electron chi connectivity index (χ1n) is 9.53. The molecule has 2 aromatic carbocycles. The Balaban J connectivity index is 1.43. The fourth-order valence-corrected chi connectivity index (χ4v) is 3.55. The summed E-state index contributed by atoms with van der Waals surface area (Å²) in [6, 6.07) is 15.6. The summed E-state index contributed by atoms with van der Waals surface area (Å²) in [5.74, 6) is 2.98. The number of piperazine rings is 1. The second-order valence-electron chi connectivity index (χ2n) is 6.87. The summed E-state index contributed by atoms with van der Waals surface area (Å²) in [5.41, 5.74) is 2.09. The van der Waals surface area contributed by atoms with Crippen molar-refractivity contribution < 1.29 is 9.47 Å². The molecule has 2 heterocycles. The zero-order valence-corrected chi connectivity index (χ0v) is 17.3. The maximum absolute atomic E-state index is 6.09. The Hall–Kier alpha value is -2.99. The first kappa shape index (κ1) is 19.3. The third kappa shape index (κ3) is 4.38. The van der Waals surface area contributed by atoms with E-state index in [4.69, 9.17) is 21.1 Å². The number of aryl methyl sites for hydroxylation is 1. The smallest absolute Gasteiger partial charge is 0.224 e. The van der Waals surface area contributed by atoms with E-state index in [1.165, 1.54) is 0 Å². The fourth-order valence-electron chi connectivity index (χ4n) is 3.43. The molecule has 4 rings (SSSR count). The van der Waals surface area contributed by atoms with E-state index in [-0.39, 0.29) is 0 Å². The molecule has 0 saturated carbocycles. The van der Waals surface area contributed by atoms with Gasteiger partial charge in [0.15, 0.2) is 0 Å². The Morgan fingerprint density at radius 3 is 2.45 bits per heavy atom. The van der Waals surface area contributed by atoms with E-state index in [0.717, 1.165) is 49.0 Å². The van der Waals surface area contributed by atoms with Gasteiger partial charge in [0.2, 0.25) is 5.88 Å². The lowest BCUT2D eigenvalue weighted by Gasteiger charge is -2.37. The van der Waals surface area contributed by atoms with E-state index in [1.54, 1.807) is 13.4 Å². The predicted molar refractivity (Wildman–Crippen MR) is 116 cm³/mol. The van der Waals surface area contributed by atoms with Gasteiger partial charge in [0, 0.05) is 37.3 Å². The van der Waals surface area contributed by atoms with Crippen LogP contribution in [0.4, 0.5) is 11.5 Å². The summed E-state index contributed by atoms with van der Waals surface area (Å²) in [4.78, 5) is 13.3. The zero-order valence-electron chi connectivity index (χ0n) is 16.5. The summed E-state index contributed by atoms with van der Waals surface area (Å²) >= 11 is 6.09. The quantitative estimate of drug-likeness (QED) is 0.614. The Morgan fingerprint density at radius 2 is 1.69 bits per heavy atom. The van der Waals surface area contributed by atoms with Crippen molar-refractivity contribution in [2.75, 3.05) is 43.1 Å². The van der Waals surface area contributed by atoms with Crippen LogP contribution in [0.5, 0.6) is 17.4 Å². The lowest BCUT2D eigenvalue weighted by atomic mass is 10.2. The second-order valence-corrected chi connectivity index (χ2v) is 7.28. The van der Waals surface area contributed by atoms with E-state index in [1.807, 2.05) is 49.4 Å². The van der Waals surface area contributed by atoms with Crippen LogP contribution in [0, 0.1) is 6.92 Å². The lowest BCUT2D eigenvalue weighted by Crippen LogP contribution is -2.47. The molecule has 0 amide bonds. The van der Waals surface area contributed by atoms with Crippen molar-refractivity contribution in [1.29, 1.82) is 0 Å². The number of anilines is 2. The molecule has 150 valence electrons. The molecule has 7 heteroatoms. The third-order valence-electron chi connectivity index (χ3n) is 5.01. The van der Waals surface area contributed by atoms with Crippen LogP contribution in [0.1, 0.15) is 5.56 Å². The van der Waals surface area contributed by atoms with E-state index < -0.39 is 0 Å². The molecular weight excluding hydrogens is 388 g/mol. The summed E-state index contributed by atoms with van der Waals surface area (Å²) < 4.78 is 11.4. The maximum atomic E-state index is 6.09. The van der Waals surface area contributed by atoms with Gasteiger partial charge in [-0.3, -0.25) is 0 Å². The first-order chi connectivity index (χ1) is 14.1. The number of nitrogens with zero attached hydrogens (tertiary/aromatic N) is 4. The highest BCUT2D eigenvalue weighted by Crippen LogP contribution is 2.30. The second kappa shape index (κ2) is 8.57. The molecule has 1 aliphatic heterocycles. The molecule has 6 nitrogen and oxygen atoms in total. The van der Waals surface area contributed by atoms with E-state index in [9.17, 15) is 0 Å². The number of aromatic nitrogens is 2. The zero-order chi connectivity index (χ0) is 20.2. The summed E-state index contributed by atoms with van der Waals surface area (Å²) in [7, 11) is 1.71. The molecule has 3 aromatic rings. The van der Waals surface area contributed by atoms with Gasteiger partial charge in [-0.05, 0) is 42.8 Å². The van der Waals surface area contributed by atoms with Gasteiger partial charge in [-0.1, -0.05) is 23.7 Å². The highest BCUT2D eigenvalue weighted by atomic mass is 35.5. The van der Waals surface area contributed by atoms with Crippen molar-refractivity contribution in [1.82, 2.24) is 9.97 Å². The molecule has 0 atom stereocenters. The molecule has 0 N–H and O–H groups in total. The van der Waals surface area contributed by atoms with Crippen LogP contribution in [-0.2, 0) is 0 Å². The molecule has 1 fully saturated rings. The molecule has 1 saturated heterocycles. The van der Waals surface area contributed by atoms with Crippen molar-refractivity contribution in [3.05, 3.63) is 65.4 Å². The number of para-hydroxylation sites is 2. The topological polar surface area (TPSA) is 50.7 Å². The van der Waals surface area contributed by atoms with E-state index in [2.05, 4.69) is 25.8 Å². The number of benzene rings is 2.